The number of hydrogen-bond donors (Lipinski definition) is 1. The zero-order chi connectivity index (χ0) is 9.97. The van der Waals surface area contributed by atoms with Crippen molar-refractivity contribution < 1.29 is 4.42 Å². The van der Waals surface area contributed by atoms with E-state index in [1.165, 1.54) is 0 Å². The lowest BCUT2D eigenvalue weighted by Crippen LogP contribution is -2.29. The number of nitrogens with zero attached hydrogens (tertiary/aromatic N) is 2. The highest BCUT2D eigenvalue weighted by Crippen LogP contribution is 2.26. The zero-order valence-corrected chi connectivity index (χ0v) is 8.57. The Bertz CT molecular complexity index is 289. The average Bonchev–Trinajstić information content (AvgIpc) is 2.67. The minimum Gasteiger partial charge on any atom is -0.444 e. The van der Waals surface area contributed by atoms with Crippen molar-refractivity contribution in [3.8, 4) is 0 Å². The van der Waals surface area contributed by atoms with E-state index >= 15 is 0 Å². The molecular weight excluding hydrogens is 178 g/mol. The van der Waals surface area contributed by atoms with Crippen molar-refractivity contribution in [2.45, 2.75) is 25.3 Å². The van der Waals surface area contributed by atoms with E-state index in [4.69, 9.17) is 10.2 Å². The number of piperidine rings is 1. The van der Waals surface area contributed by atoms with Crippen molar-refractivity contribution in [3.05, 3.63) is 17.8 Å². The van der Waals surface area contributed by atoms with Gasteiger partial charge in [-0.25, -0.2) is 4.98 Å². The molecule has 1 aliphatic heterocycles. The second kappa shape index (κ2) is 4.11. The summed E-state index contributed by atoms with van der Waals surface area (Å²) < 4.78 is 5.55. The number of nitrogens with two attached hydrogens (primary N) is 1. The Hall–Kier alpha value is -0.870. The molecule has 0 amide bonds. The maximum atomic E-state index is 5.55. The van der Waals surface area contributed by atoms with E-state index in [0.717, 1.165) is 37.6 Å². The van der Waals surface area contributed by atoms with Crippen molar-refractivity contribution in [2.24, 2.45) is 5.73 Å². The molecule has 14 heavy (non-hydrogen) atoms. The van der Waals surface area contributed by atoms with Gasteiger partial charge in [0.05, 0.1) is 12.7 Å². The van der Waals surface area contributed by atoms with Crippen LogP contribution in [0, 0.1) is 0 Å². The number of aromatic nitrogens is 1. The van der Waals surface area contributed by atoms with E-state index < -0.39 is 0 Å². The summed E-state index contributed by atoms with van der Waals surface area (Å²) in [5.74, 6) is 2.16. The second-order valence-corrected chi connectivity index (χ2v) is 3.95. The lowest BCUT2D eigenvalue weighted by atomic mass is 9.97. The highest BCUT2D eigenvalue weighted by atomic mass is 16.4. The number of rotatable bonds is 2. The fourth-order valence-electron chi connectivity index (χ4n) is 1.86. The van der Waals surface area contributed by atoms with Gasteiger partial charge in [-0.1, -0.05) is 0 Å². The fraction of sp³-hybridized carbons (Fsp3) is 0.700. The Morgan fingerprint density at radius 3 is 2.86 bits per heavy atom. The third-order valence-corrected chi connectivity index (χ3v) is 2.84. The van der Waals surface area contributed by atoms with Gasteiger partial charge < -0.3 is 15.1 Å². The minimum absolute atomic E-state index is 0.444. The molecule has 1 aliphatic rings. The molecule has 0 atom stereocenters. The Morgan fingerprint density at radius 2 is 2.29 bits per heavy atom. The quantitative estimate of drug-likeness (QED) is 0.763. The predicted octanol–water partition coefficient (Wildman–Crippen LogP) is 0.943. The summed E-state index contributed by atoms with van der Waals surface area (Å²) >= 11 is 0. The van der Waals surface area contributed by atoms with Gasteiger partial charge in [0.1, 0.15) is 5.76 Å². The molecule has 2 rings (SSSR count). The van der Waals surface area contributed by atoms with Crippen LogP contribution in [0.5, 0.6) is 0 Å². The van der Waals surface area contributed by atoms with Crippen LogP contribution in [-0.4, -0.2) is 30.0 Å². The van der Waals surface area contributed by atoms with Crippen LogP contribution in [0.25, 0.3) is 0 Å². The van der Waals surface area contributed by atoms with Crippen LogP contribution in [0.15, 0.2) is 10.6 Å². The summed E-state index contributed by atoms with van der Waals surface area (Å²) in [5, 5.41) is 0. The smallest absolute Gasteiger partial charge is 0.197 e. The number of hydrogen-bond acceptors (Lipinski definition) is 4. The summed E-state index contributed by atoms with van der Waals surface area (Å²) in [6, 6.07) is 0. The van der Waals surface area contributed by atoms with E-state index in [1.54, 1.807) is 6.20 Å². The molecule has 0 unspecified atom stereocenters. The van der Waals surface area contributed by atoms with Crippen LogP contribution < -0.4 is 5.73 Å². The maximum absolute atomic E-state index is 5.55. The number of oxazole rings is 1. The molecule has 0 bridgehead atoms. The molecule has 1 aromatic heterocycles. The molecular formula is C10H17N3O. The van der Waals surface area contributed by atoms with Gasteiger partial charge in [-0.3, -0.25) is 0 Å². The number of likely N-dealkylation sites (tertiary alicyclic amines) is 1. The zero-order valence-electron chi connectivity index (χ0n) is 8.57. The standard InChI is InChI=1S/C10H17N3O/c1-13-4-2-8(3-5-13)10-12-7-9(6-11)14-10/h7-8H,2-6,11H2,1H3. The van der Waals surface area contributed by atoms with Crippen molar-refractivity contribution in [1.82, 2.24) is 9.88 Å². The minimum atomic E-state index is 0.444. The molecule has 0 radical (unpaired) electrons. The van der Waals surface area contributed by atoms with Crippen LogP contribution in [-0.2, 0) is 6.54 Å². The van der Waals surface area contributed by atoms with Crippen LogP contribution in [0.2, 0.25) is 0 Å². The van der Waals surface area contributed by atoms with Gasteiger partial charge in [0.2, 0.25) is 0 Å². The second-order valence-electron chi connectivity index (χ2n) is 3.95. The Morgan fingerprint density at radius 1 is 1.57 bits per heavy atom. The first-order valence-electron chi connectivity index (χ1n) is 5.13. The molecule has 1 fully saturated rings. The van der Waals surface area contributed by atoms with Crippen molar-refractivity contribution in [3.63, 3.8) is 0 Å². The van der Waals surface area contributed by atoms with Crippen LogP contribution in [0.3, 0.4) is 0 Å². The van der Waals surface area contributed by atoms with Crippen molar-refractivity contribution >= 4 is 0 Å². The van der Waals surface area contributed by atoms with E-state index in [1.807, 2.05) is 0 Å². The normalized spacial score (nSPS) is 20.1. The highest BCUT2D eigenvalue weighted by Gasteiger charge is 2.22. The molecule has 0 spiro atoms. The predicted molar refractivity (Wildman–Crippen MR) is 53.9 cm³/mol. The summed E-state index contributed by atoms with van der Waals surface area (Å²) in [4.78, 5) is 6.61. The molecule has 1 aromatic rings. The van der Waals surface area contributed by atoms with Gasteiger partial charge >= 0.3 is 0 Å². The van der Waals surface area contributed by atoms with E-state index in [2.05, 4.69) is 16.9 Å². The van der Waals surface area contributed by atoms with Crippen LogP contribution in [0.1, 0.15) is 30.4 Å². The Labute approximate surface area is 84.1 Å². The molecule has 2 heterocycles. The monoisotopic (exact) mass is 195 g/mol. The van der Waals surface area contributed by atoms with Crippen LogP contribution in [0.4, 0.5) is 0 Å². The van der Waals surface area contributed by atoms with E-state index in [9.17, 15) is 0 Å². The molecule has 0 aliphatic carbocycles. The highest BCUT2D eigenvalue weighted by molar-refractivity contribution is 5.00. The molecule has 1 saturated heterocycles. The molecule has 4 nitrogen and oxygen atoms in total. The molecule has 78 valence electrons. The largest absolute Gasteiger partial charge is 0.444 e. The first-order chi connectivity index (χ1) is 6.79. The van der Waals surface area contributed by atoms with Gasteiger partial charge in [-0.15, -0.1) is 0 Å². The van der Waals surface area contributed by atoms with Gasteiger partial charge in [0, 0.05) is 5.92 Å². The molecule has 4 heteroatoms. The van der Waals surface area contributed by atoms with E-state index in [-0.39, 0.29) is 0 Å². The van der Waals surface area contributed by atoms with Gasteiger partial charge in [0.25, 0.3) is 0 Å². The Kier molecular flexibility index (Phi) is 2.84. The van der Waals surface area contributed by atoms with Crippen molar-refractivity contribution in [1.29, 1.82) is 0 Å². The molecule has 0 saturated carbocycles. The molecule has 0 aromatic carbocycles. The average molecular weight is 195 g/mol. The lowest BCUT2D eigenvalue weighted by Gasteiger charge is -2.26. The van der Waals surface area contributed by atoms with Gasteiger partial charge in [-0.05, 0) is 33.0 Å². The van der Waals surface area contributed by atoms with Crippen LogP contribution >= 0.6 is 0 Å². The third kappa shape index (κ3) is 1.96. The lowest BCUT2D eigenvalue weighted by molar-refractivity contribution is 0.235. The molecule has 2 N–H and O–H groups in total. The topological polar surface area (TPSA) is 55.3 Å². The summed E-state index contributed by atoms with van der Waals surface area (Å²) in [6.45, 7) is 2.70. The SMILES string of the molecule is CN1CCC(c2ncc(CN)o2)CC1. The third-order valence-electron chi connectivity index (χ3n) is 2.84. The van der Waals surface area contributed by atoms with Gasteiger partial charge in [-0.2, -0.15) is 0 Å². The summed E-state index contributed by atoms with van der Waals surface area (Å²) in [5.41, 5.74) is 5.47. The first kappa shape index (κ1) is 9.68. The fourth-order valence-corrected chi connectivity index (χ4v) is 1.86. The van der Waals surface area contributed by atoms with Gasteiger partial charge in [0.15, 0.2) is 5.89 Å². The first-order valence-corrected chi connectivity index (χ1v) is 5.13. The Balaban J connectivity index is 2.01. The summed E-state index contributed by atoms with van der Waals surface area (Å²) in [6.07, 6.45) is 4.02. The maximum Gasteiger partial charge on any atom is 0.197 e. The van der Waals surface area contributed by atoms with E-state index in [0.29, 0.717) is 12.5 Å². The summed E-state index contributed by atoms with van der Waals surface area (Å²) in [7, 11) is 2.15. The van der Waals surface area contributed by atoms with Crippen molar-refractivity contribution in [2.75, 3.05) is 20.1 Å².